The van der Waals surface area contributed by atoms with Crippen LogP contribution >= 0.6 is 0 Å². The second-order valence-corrected chi connectivity index (χ2v) is 9.80. The Labute approximate surface area is 230 Å². The van der Waals surface area contributed by atoms with Crippen molar-refractivity contribution in [1.82, 2.24) is 5.32 Å². The van der Waals surface area contributed by atoms with Gasteiger partial charge in [0.15, 0.2) is 11.5 Å². The van der Waals surface area contributed by atoms with Crippen LogP contribution in [0, 0.1) is 0 Å². The summed E-state index contributed by atoms with van der Waals surface area (Å²) in [6.07, 6.45) is 1.65. The molecule has 1 aliphatic carbocycles. The summed E-state index contributed by atoms with van der Waals surface area (Å²) in [5, 5.41) is 3.43. The number of ether oxygens (including phenoxy) is 4. The van der Waals surface area contributed by atoms with Crippen molar-refractivity contribution in [3.05, 3.63) is 69.9 Å². The van der Waals surface area contributed by atoms with Gasteiger partial charge in [0.2, 0.25) is 11.2 Å². The number of nitrogens with zero attached hydrogens (tertiary/aromatic N) is 2. The van der Waals surface area contributed by atoms with E-state index >= 15 is 0 Å². The van der Waals surface area contributed by atoms with Crippen LogP contribution < -0.4 is 39.5 Å². The lowest BCUT2D eigenvalue weighted by atomic mass is 9.95. The average Bonchev–Trinajstić information content (AvgIpc) is 3.23. The van der Waals surface area contributed by atoms with E-state index in [1.165, 1.54) is 0 Å². The average molecular weight is 532 g/mol. The lowest BCUT2D eigenvalue weighted by molar-refractivity contribution is 0.324. The van der Waals surface area contributed by atoms with Crippen molar-refractivity contribution in [2.24, 2.45) is 0 Å². The van der Waals surface area contributed by atoms with Crippen LogP contribution in [-0.4, -0.2) is 61.7 Å². The SMILES string of the molecule is CNC1CCc2cc(OC)c(OC)c(OC)c2-c2ccc(N3CCN(c4ccccc4OC)CC3)c(=O)cc21. The van der Waals surface area contributed by atoms with Crippen molar-refractivity contribution in [2.75, 3.05) is 71.5 Å². The maximum absolute atomic E-state index is 13.7. The highest BCUT2D eigenvalue weighted by Crippen LogP contribution is 2.50. The molecule has 8 heteroatoms. The Kier molecular flexibility index (Phi) is 7.84. The summed E-state index contributed by atoms with van der Waals surface area (Å²) in [5.74, 6) is 2.67. The zero-order chi connectivity index (χ0) is 27.5. The Bertz CT molecular complexity index is 1400. The predicted octanol–water partition coefficient (Wildman–Crippen LogP) is 4.28. The van der Waals surface area contributed by atoms with Crippen LogP contribution in [0.3, 0.4) is 0 Å². The first-order valence-electron chi connectivity index (χ1n) is 13.3. The van der Waals surface area contributed by atoms with Gasteiger partial charge in [-0.2, -0.15) is 0 Å². The largest absolute Gasteiger partial charge is 0.495 e. The van der Waals surface area contributed by atoms with Gasteiger partial charge >= 0.3 is 0 Å². The van der Waals surface area contributed by atoms with Crippen LogP contribution in [-0.2, 0) is 6.42 Å². The minimum Gasteiger partial charge on any atom is -0.495 e. The molecule has 5 rings (SSSR count). The van der Waals surface area contributed by atoms with E-state index in [2.05, 4.69) is 27.2 Å². The molecule has 0 spiro atoms. The molecule has 1 unspecified atom stereocenters. The van der Waals surface area contributed by atoms with Crippen molar-refractivity contribution in [1.29, 1.82) is 0 Å². The number of rotatable bonds is 7. The second-order valence-electron chi connectivity index (χ2n) is 9.80. The molecule has 39 heavy (non-hydrogen) atoms. The van der Waals surface area contributed by atoms with Crippen LogP contribution in [0.4, 0.5) is 11.4 Å². The molecule has 0 radical (unpaired) electrons. The number of hydrogen-bond donors (Lipinski definition) is 1. The maximum atomic E-state index is 13.7. The summed E-state index contributed by atoms with van der Waals surface area (Å²) >= 11 is 0. The van der Waals surface area contributed by atoms with Gasteiger partial charge in [0.05, 0.1) is 39.8 Å². The third-order valence-corrected chi connectivity index (χ3v) is 7.91. The van der Waals surface area contributed by atoms with Crippen LogP contribution in [0.15, 0.2) is 53.3 Å². The first kappa shape index (κ1) is 26.7. The van der Waals surface area contributed by atoms with Crippen molar-refractivity contribution in [2.45, 2.75) is 18.9 Å². The van der Waals surface area contributed by atoms with E-state index in [1.807, 2.05) is 43.4 Å². The summed E-state index contributed by atoms with van der Waals surface area (Å²) < 4.78 is 22.8. The molecule has 1 saturated heterocycles. The number of fused-ring (bicyclic) bond motifs is 3. The van der Waals surface area contributed by atoms with Gasteiger partial charge in [-0.25, -0.2) is 0 Å². The van der Waals surface area contributed by atoms with Gasteiger partial charge < -0.3 is 34.1 Å². The second kappa shape index (κ2) is 11.5. The molecule has 1 aliphatic heterocycles. The van der Waals surface area contributed by atoms with E-state index in [0.29, 0.717) is 22.9 Å². The van der Waals surface area contributed by atoms with E-state index in [1.54, 1.807) is 28.4 Å². The molecule has 8 nitrogen and oxygen atoms in total. The molecule has 1 heterocycles. The normalized spacial score (nSPS) is 16.6. The number of piperazine rings is 1. The molecule has 1 N–H and O–H groups in total. The number of para-hydroxylation sites is 2. The number of anilines is 2. The van der Waals surface area contributed by atoms with Crippen LogP contribution in [0.25, 0.3) is 11.1 Å². The highest BCUT2D eigenvalue weighted by Gasteiger charge is 2.29. The first-order valence-corrected chi connectivity index (χ1v) is 13.3. The summed E-state index contributed by atoms with van der Waals surface area (Å²) in [7, 11) is 8.53. The van der Waals surface area contributed by atoms with Gasteiger partial charge in [-0.1, -0.05) is 18.2 Å². The monoisotopic (exact) mass is 531 g/mol. The third-order valence-electron chi connectivity index (χ3n) is 7.91. The summed E-state index contributed by atoms with van der Waals surface area (Å²) in [4.78, 5) is 18.2. The predicted molar refractivity (Wildman–Crippen MR) is 155 cm³/mol. The number of hydrogen-bond acceptors (Lipinski definition) is 8. The molecular weight excluding hydrogens is 494 g/mol. The Hall–Kier alpha value is -3.91. The topological polar surface area (TPSA) is 72.5 Å². The summed E-state index contributed by atoms with van der Waals surface area (Å²) in [6, 6.07) is 16.0. The number of aryl methyl sites for hydroxylation is 1. The molecule has 1 atom stereocenters. The van der Waals surface area contributed by atoms with Gasteiger partial charge in [-0.05, 0) is 66.9 Å². The molecule has 3 aromatic rings. The van der Waals surface area contributed by atoms with E-state index in [9.17, 15) is 4.79 Å². The molecular formula is C31H37N3O5. The minimum absolute atomic E-state index is 0.0180. The van der Waals surface area contributed by atoms with Crippen molar-refractivity contribution < 1.29 is 18.9 Å². The number of nitrogens with one attached hydrogen (secondary N) is 1. The highest BCUT2D eigenvalue weighted by atomic mass is 16.5. The summed E-state index contributed by atoms with van der Waals surface area (Å²) in [6.45, 7) is 3.07. The molecule has 3 aromatic carbocycles. The molecule has 1 fully saturated rings. The zero-order valence-corrected chi connectivity index (χ0v) is 23.4. The van der Waals surface area contributed by atoms with Crippen molar-refractivity contribution >= 4 is 11.4 Å². The molecule has 2 aliphatic rings. The Morgan fingerprint density at radius 3 is 2.08 bits per heavy atom. The fraction of sp³-hybridized carbons (Fsp3) is 0.387. The quantitative estimate of drug-likeness (QED) is 0.485. The van der Waals surface area contributed by atoms with Crippen molar-refractivity contribution in [3.8, 4) is 34.1 Å². The fourth-order valence-electron chi connectivity index (χ4n) is 5.94. The smallest absolute Gasteiger partial charge is 0.203 e. The standard InChI is InChI=1S/C31H37N3O5/c1-32-23-12-10-20-18-28(37-3)30(38-4)31(39-5)29(20)21-11-13-24(26(35)19-22(21)23)33-14-16-34(17-15-33)25-8-6-7-9-27(25)36-2/h6-9,11,13,18-19,23,32H,10,12,14-17H2,1-5H3. The Balaban J connectivity index is 1.56. The lowest BCUT2D eigenvalue weighted by Gasteiger charge is -2.37. The maximum Gasteiger partial charge on any atom is 0.203 e. The third kappa shape index (κ3) is 4.85. The van der Waals surface area contributed by atoms with E-state index in [4.69, 9.17) is 18.9 Å². The number of methoxy groups -OCH3 is 4. The Morgan fingerprint density at radius 2 is 1.44 bits per heavy atom. The zero-order valence-electron chi connectivity index (χ0n) is 23.4. The van der Waals surface area contributed by atoms with Gasteiger partial charge in [-0.15, -0.1) is 0 Å². The first-order chi connectivity index (χ1) is 19.0. The van der Waals surface area contributed by atoms with Crippen LogP contribution in [0.2, 0.25) is 0 Å². The van der Waals surface area contributed by atoms with Gasteiger partial charge in [0, 0.05) is 37.8 Å². The highest BCUT2D eigenvalue weighted by molar-refractivity contribution is 5.83. The minimum atomic E-state index is 0.0180. The molecule has 0 bridgehead atoms. The molecule has 0 aromatic heterocycles. The van der Waals surface area contributed by atoms with E-state index in [-0.39, 0.29) is 11.5 Å². The van der Waals surface area contributed by atoms with Gasteiger partial charge in [0.1, 0.15) is 5.75 Å². The lowest BCUT2D eigenvalue weighted by Crippen LogP contribution is -2.47. The van der Waals surface area contributed by atoms with E-state index < -0.39 is 0 Å². The van der Waals surface area contributed by atoms with Crippen molar-refractivity contribution in [3.63, 3.8) is 0 Å². The summed E-state index contributed by atoms with van der Waals surface area (Å²) in [5.41, 5.74) is 5.79. The van der Waals surface area contributed by atoms with Crippen LogP contribution in [0.5, 0.6) is 23.0 Å². The van der Waals surface area contributed by atoms with Gasteiger partial charge in [-0.3, -0.25) is 4.79 Å². The van der Waals surface area contributed by atoms with Gasteiger partial charge in [0.25, 0.3) is 0 Å². The molecule has 0 amide bonds. The molecule has 0 saturated carbocycles. The molecule has 206 valence electrons. The fourth-order valence-corrected chi connectivity index (χ4v) is 5.94. The van der Waals surface area contributed by atoms with Crippen LogP contribution in [0.1, 0.15) is 23.6 Å². The van der Waals surface area contributed by atoms with E-state index in [0.717, 1.165) is 72.7 Å². The number of benzene rings is 2. The Morgan fingerprint density at radius 1 is 0.769 bits per heavy atom.